The van der Waals surface area contributed by atoms with Crippen LogP contribution < -0.4 is 5.32 Å². The van der Waals surface area contributed by atoms with Crippen LogP contribution in [0.4, 0.5) is 5.69 Å². The zero-order valence-electron chi connectivity index (χ0n) is 14.5. The van der Waals surface area contributed by atoms with Crippen LogP contribution in [-0.4, -0.2) is 28.3 Å². The van der Waals surface area contributed by atoms with Gasteiger partial charge >= 0.3 is 0 Å². The van der Waals surface area contributed by atoms with E-state index < -0.39 is 0 Å². The number of rotatable bonds is 4. The summed E-state index contributed by atoms with van der Waals surface area (Å²) in [6.07, 6.45) is 5.36. The molecule has 1 aliphatic heterocycles. The SMILES string of the molecule is O=C(Nc1ccncc1)C1CCCN(Sc2ccc3ccccc3c2)C1. The van der Waals surface area contributed by atoms with Crippen molar-refractivity contribution in [3.8, 4) is 0 Å². The molecule has 0 bridgehead atoms. The molecule has 2 aromatic carbocycles. The standard InChI is InChI=1S/C21H21N3OS/c25-21(23-19-9-11-22-12-10-19)18-6-3-13-24(15-18)26-20-8-7-16-4-1-2-5-17(16)14-20/h1-2,4-5,7-12,14,18H,3,6,13,15H2,(H,22,23,25). The molecule has 1 unspecified atom stereocenters. The van der Waals surface area contributed by atoms with Gasteiger partial charge in [0.25, 0.3) is 0 Å². The first kappa shape index (κ1) is 17.1. The van der Waals surface area contributed by atoms with Crippen molar-refractivity contribution in [1.82, 2.24) is 9.29 Å². The van der Waals surface area contributed by atoms with E-state index in [0.29, 0.717) is 0 Å². The van der Waals surface area contributed by atoms with Gasteiger partial charge < -0.3 is 5.32 Å². The molecular weight excluding hydrogens is 342 g/mol. The van der Waals surface area contributed by atoms with Crippen molar-refractivity contribution in [3.63, 3.8) is 0 Å². The molecule has 2 heterocycles. The number of anilines is 1. The van der Waals surface area contributed by atoms with Gasteiger partial charge in [0.05, 0.1) is 5.92 Å². The summed E-state index contributed by atoms with van der Waals surface area (Å²) in [5.74, 6) is 0.116. The molecule has 3 aromatic rings. The molecule has 1 aromatic heterocycles. The second-order valence-corrected chi connectivity index (χ2v) is 7.72. The molecule has 0 aliphatic carbocycles. The highest BCUT2D eigenvalue weighted by Gasteiger charge is 2.26. The molecule has 0 saturated carbocycles. The molecule has 26 heavy (non-hydrogen) atoms. The number of aromatic nitrogens is 1. The number of carbonyl (C=O) groups is 1. The average molecular weight is 363 g/mol. The number of piperidine rings is 1. The van der Waals surface area contributed by atoms with Crippen molar-refractivity contribution in [1.29, 1.82) is 0 Å². The minimum Gasteiger partial charge on any atom is -0.326 e. The van der Waals surface area contributed by atoms with Crippen molar-refractivity contribution in [2.24, 2.45) is 5.92 Å². The molecule has 1 atom stereocenters. The van der Waals surface area contributed by atoms with Gasteiger partial charge in [-0.25, -0.2) is 4.31 Å². The van der Waals surface area contributed by atoms with Gasteiger partial charge in [-0.15, -0.1) is 0 Å². The molecule has 1 saturated heterocycles. The van der Waals surface area contributed by atoms with Gasteiger partial charge in [0.1, 0.15) is 0 Å². The normalized spacial score (nSPS) is 17.9. The molecule has 1 fully saturated rings. The Morgan fingerprint density at radius 2 is 1.88 bits per heavy atom. The van der Waals surface area contributed by atoms with E-state index in [9.17, 15) is 4.79 Å². The lowest BCUT2D eigenvalue weighted by molar-refractivity contribution is -0.120. The minimum atomic E-state index is 0.0184. The Kier molecular flexibility index (Phi) is 5.18. The molecule has 132 valence electrons. The highest BCUT2D eigenvalue weighted by atomic mass is 32.2. The van der Waals surface area contributed by atoms with Crippen molar-refractivity contribution in [2.45, 2.75) is 17.7 Å². The minimum absolute atomic E-state index is 0.0184. The van der Waals surface area contributed by atoms with Gasteiger partial charge in [0.15, 0.2) is 0 Å². The van der Waals surface area contributed by atoms with Gasteiger partial charge in [-0.1, -0.05) is 30.3 Å². The summed E-state index contributed by atoms with van der Waals surface area (Å²) in [7, 11) is 0. The molecule has 1 N–H and O–H groups in total. The molecule has 0 radical (unpaired) electrons. The Bertz CT molecular complexity index is 900. The summed E-state index contributed by atoms with van der Waals surface area (Å²) >= 11 is 1.75. The molecule has 5 heteroatoms. The number of pyridine rings is 1. The lowest BCUT2D eigenvalue weighted by Crippen LogP contribution is -2.37. The molecule has 1 aliphatic rings. The average Bonchev–Trinajstić information content (AvgIpc) is 2.69. The first-order valence-electron chi connectivity index (χ1n) is 8.90. The largest absolute Gasteiger partial charge is 0.326 e. The summed E-state index contributed by atoms with van der Waals surface area (Å²) in [6, 6.07) is 18.6. The summed E-state index contributed by atoms with van der Waals surface area (Å²) in [5.41, 5.74) is 0.810. The third-order valence-corrected chi connectivity index (χ3v) is 5.71. The lowest BCUT2D eigenvalue weighted by atomic mass is 9.99. The molecule has 1 amide bonds. The van der Waals surface area contributed by atoms with E-state index in [2.05, 4.69) is 57.1 Å². The fourth-order valence-electron chi connectivity index (χ4n) is 3.29. The van der Waals surface area contributed by atoms with E-state index in [-0.39, 0.29) is 11.8 Å². The van der Waals surface area contributed by atoms with Gasteiger partial charge in [-0.2, -0.15) is 0 Å². The summed E-state index contributed by atoms with van der Waals surface area (Å²) < 4.78 is 2.31. The quantitative estimate of drug-likeness (QED) is 0.689. The Morgan fingerprint density at radius 3 is 2.73 bits per heavy atom. The third-order valence-electron chi connectivity index (χ3n) is 4.66. The number of hydrogen-bond acceptors (Lipinski definition) is 4. The van der Waals surface area contributed by atoms with Gasteiger partial charge in [0, 0.05) is 36.1 Å². The predicted molar refractivity (Wildman–Crippen MR) is 107 cm³/mol. The number of fused-ring (bicyclic) bond motifs is 1. The third kappa shape index (κ3) is 4.06. The Labute approximate surface area is 157 Å². The summed E-state index contributed by atoms with van der Waals surface area (Å²) in [5, 5.41) is 5.51. The Morgan fingerprint density at radius 1 is 1.08 bits per heavy atom. The van der Waals surface area contributed by atoms with Crippen LogP contribution in [0.15, 0.2) is 71.9 Å². The fourth-order valence-corrected chi connectivity index (χ4v) is 4.37. The molecule has 4 nitrogen and oxygen atoms in total. The van der Waals surface area contributed by atoms with E-state index in [1.807, 2.05) is 12.1 Å². The second-order valence-electron chi connectivity index (χ2n) is 6.55. The highest BCUT2D eigenvalue weighted by molar-refractivity contribution is 7.97. The first-order chi connectivity index (χ1) is 12.8. The maximum absolute atomic E-state index is 12.6. The fraction of sp³-hybridized carbons (Fsp3) is 0.238. The predicted octanol–water partition coefficient (Wildman–Crippen LogP) is 4.59. The summed E-state index contributed by atoms with van der Waals surface area (Å²) in [4.78, 5) is 17.8. The first-order valence-corrected chi connectivity index (χ1v) is 9.68. The number of nitrogens with one attached hydrogen (secondary N) is 1. The van der Waals surface area contributed by atoms with Crippen LogP contribution in [0.1, 0.15) is 12.8 Å². The van der Waals surface area contributed by atoms with Crippen LogP contribution in [0.25, 0.3) is 10.8 Å². The highest BCUT2D eigenvalue weighted by Crippen LogP contribution is 2.30. The van der Waals surface area contributed by atoms with Crippen LogP contribution in [-0.2, 0) is 4.79 Å². The van der Waals surface area contributed by atoms with Gasteiger partial charge in [-0.3, -0.25) is 9.78 Å². The van der Waals surface area contributed by atoms with Gasteiger partial charge in [0.2, 0.25) is 5.91 Å². The number of benzene rings is 2. The number of amides is 1. The number of hydrogen-bond donors (Lipinski definition) is 1. The lowest BCUT2D eigenvalue weighted by Gasteiger charge is -2.31. The van der Waals surface area contributed by atoms with Crippen LogP contribution in [0.5, 0.6) is 0 Å². The van der Waals surface area contributed by atoms with Crippen LogP contribution in [0, 0.1) is 5.92 Å². The van der Waals surface area contributed by atoms with E-state index in [1.165, 1.54) is 15.7 Å². The van der Waals surface area contributed by atoms with Crippen molar-refractivity contribution in [2.75, 3.05) is 18.4 Å². The topological polar surface area (TPSA) is 45.2 Å². The number of carbonyl (C=O) groups excluding carboxylic acids is 1. The van der Waals surface area contributed by atoms with E-state index in [0.717, 1.165) is 31.6 Å². The molecule has 4 rings (SSSR count). The van der Waals surface area contributed by atoms with Crippen molar-refractivity contribution in [3.05, 3.63) is 67.0 Å². The van der Waals surface area contributed by atoms with Crippen molar-refractivity contribution < 1.29 is 4.79 Å². The summed E-state index contributed by atoms with van der Waals surface area (Å²) in [6.45, 7) is 1.78. The van der Waals surface area contributed by atoms with Crippen LogP contribution >= 0.6 is 11.9 Å². The smallest absolute Gasteiger partial charge is 0.228 e. The molecule has 0 spiro atoms. The van der Waals surface area contributed by atoms with Crippen LogP contribution in [0.3, 0.4) is 0 Å². The molecular formula is C21H21N3OS. The van der Waals surface area contributed by atoms with E-state index >= 15 is 0 Å². The number of nitrogens with zero attached hydrogens (tertiary/aromatic N) is 2. The van der Waals surface area contributed by atoms with E-state index in [1.54, 1.807) is 24.3 Å². The Hall–Kier alpha value is -2.37. The maximum atomic E-state index is 12.6. The van der Waals surface area contributed by atoms with Gasteiger partial charge in [-0.05, 0) is 59.8 Å². The van der Waals surface area contributed by atoms with Crippen LogP contribution in [0.2, 0.25) is 0 Å². The van der Waals surface area contributed by atoms with E-state index in [4.69, 9.17) is 0 Å². The monoisotopic (exact) mass is 363 g/mol. The zero-order chi connectivity index (χ0) is 17.8. The van der Waals surface area contributed by atoms with Crippen molar-refractivity contribution >= 4 is 34.3 Å². The maximum Gasteiger partial charge on any atom is 0.228 e. The Balaban J connectivity index is 1.40. The zero-order valence-corrected chi connectivity index (χ0v) is 15.3. The second kappa shape index (κ2) is 7.89.